The summed E-state index contributed by atoms with van der Waals surface area (Å²) < 4.78 is 0. The van der Waals surface area contributed by atoms with E-state index in [4.69, 9.17) is 0 Å². The maximum atomic E-state index is 11.9. The SMILES string of the molecule is O=C(NCCSC1CCCCC1)C1CCCCC1. The lowest BCUT2D eigenvalue weighted by molar-refractivity contribution is -0.125. The number of carbonyl (C=O) groups is 1. The van der Waals surface area contributed by atoms with Crippen LogP contribution >= 0.6 is 11.8 Å². The van der Waals surface area contributed by atoms with Crippen LogP contribution in [0.4, 0.5) is 0 Å². The molecule has 0 aromatic heterocycles. The summed E-state index contributed by atoms with van der Waals surface area (Å²) in [6.45, 7) is 0.872. The number of nitrogens with one attached hydrogen (secondary N) is 1. The molecule has 0 aliphatic heterocycles. The second-order valence-electron chi connectivity index (χ2n) is 5.76. The van der Waals surface area contributed by atoms with Gasteiger partial charge in [-0.15, -0.1) is 0 Å². The van der Waals surface area contributed by atoms with Gasteiger partial charge >= 0.3 is 0 Å². The zero-order valence-corrected chi connectivity index (χ0v) is 12.3. The van der Waals surface area contributed by atoms with Gasteiger partial charge in [0, 0.05) is 23.5 Å². The summed E-state index contributed by atoms with van der Waals surface area (Å²) in [5.41, 5.74) is 0. The summed E-state index contributed by atoms with van der Waals surface area (Å²) in [4.78, 5) is 11.9. The summed E-state index contributed by atoms with van der Waals surface area (Å²) in [5.74, 6) is 1.74. The summed E-state index contributed by atoms with van der Waals surface area (Å²) in [5, 5.41) is 4.00. The van der Waals surface area contributed by atoms with Crippen LogP contribution in [0, 0.1) is 5.92 Å². The molecule has 0 aromatic carbocycles. The molecule has 0 heterocycles. The van der Waals surface area contributed by atoms with Gasteiger partial charge in [0.25, 0.3) is 0 Å². The van der Waals surface area contributed by atoms with Gasteiger partial charge in [0.2, 0.25) is 5.91 Å². The van der Waals surface area contributed by atoms with Crippen molar-refractivity contribution in [3.05, 3.63) is 0 Å². The number of hydrogen-bond donors (Lipinski definition) is 1. The number of thioether (sulfide) groups is 1. The minimum atomic E-state index is 0.318. The first-order chi connectivity index (χ1) is 8.86. The van der Waals surface area contributed by atoms with Crippen LogP contribution in [0.2, 0.25) is 0 Å². The molecule has 2 rings (SSSR count). The first-order valence-electron chi connectivity index (χ1n) is 7.75. The van der Waals surface area contributed by atoms with E-state index in [1.807, 2.05) is 0 Å². The highest BCUT2D eigenvalue weighted by molar-refractivity contribution is 7.99. The van der Waals surface area contributed by atoms with Crippen LogP contribution in [-0.4, -0.2) is 23.5 Å². The summed E-state index contributed by atoms with van der Waals surface area (Å²) in [6.07, 6.45) is 13.1. The fraction of sp³-hybridized carbons (Fsp3) is 0.933. The average molecular weight is 269 g/mol. The van der Waals surface area contributed by atoms with E-state index in [0.717, 1.165) is 30.4 Å². The predicted molar refractivity (Wildman–Crippen MR) is 78.9 cm³/mol. The molecule has 104 valence electrons. The minimum absolute atomic E-state index is 0.318. The fourth-order valence-corrected chi connectivity index (χ4v) is 4.36. The molecule has 0 atom stereocenters. The Balaban J connectivity index is 1.52. The summed E-state index contributed by atoms with van der Waals surface area (Å²) >= 11 is 2.07. The van der Waals surface area contributed by atoms with E-state index in [1.165, 1.54) is 51.4 Å². The van der Waals surface area contributed by atoms with Gasteiger partial charge in [-0.3, -0.25) is 4.79 Å². The van der Waals surface area contributed by atoms with E-state index >= 15 is 0 Å². The van der Waals surface area contributed by atoms with Gasteiger partial charge in [-0.25, -0.2) is 0 Å². The molecular formula is C15H27NOS. The lowest BCUT2D eigenvalue weighted by Gasteiger charge is -2.22. The van der Waals surface area contributed by atoms with E-state index in [1.54, 1.807) is 0 Å². The molecule has 2 saturated carbocycles. The van der Waals surface area contributed by atoms with Crippen molar-refractivity contribution in [2.45, 2.75) is 69.5 Å². The Bertz CT molecular complexity index is 245. The standard InChI is InChI=1S/C15H27NOS/c17-15(13-7-3-1-4-8-13)16-11-12-18-14-9-5-2-6-10-14/h13-14H,1-12H2,(H,16,17). The molecule has 1 N–H and O–H groups in total. The Morgan fingerprint density at radius 2 is 1.56 bits per heavy atom. The monoisotopic (exact) mass is 269 g/mol. The lowest BCUT2D eigenvalue weighted by Crippen LogP contribution is -2.33. The van der Waals surface area contributed by atoms with Crippen LogP contribution in [-0.2, 0) is 4.79 Å². The summed E-state index contributed by atoms with van der Waals surface area (Å²) in [6, 6.07) is 0. The Labute approximate surface area is 116 Å². The van der Waals surface area contributed by atoms with E-state index < -0.39 is 0 Å². The average Bonchev–Trinajstić information content (AvgIpc) is 2.45. The molecule has 0 aromatic rings. The van der Waals surface area contributed by atoms with Gasteiger partial charge in [0.05, 0.1) is 0 Å². The van der Waals surface area contributed by atoms with Crippen LogP contribution in [0.25, 0.3) is 0 Å². The zero-order valence-electron chi connectivity index (χ0n) is 11.5. The van der Waals surface area contributed by atoms with Crippen molar-refractivity contribution < 1.29 is 4.79 Å². The smallest absolute Gasteiger partial charge is 0.223 e. The molecule has 2 aliphatic carbocycles. The van der Waals surface area contributed by atoms with Crippen LogP contribution in [0.1, 0.15) is 64.2 Å². The lowest BCUT2D eigenvalue weighted by atomic mass is 9.89. The number of carbonyl (C=O) groups excluding carboxylic acids is 1. The first-order valence-corrected chi connectivity index (χ1v) is 8.80. The molecule has 0 radical (unpaired) electrons. The topological polar surface area (TPSA) is 29.1 Å². The predicted octanol–water partition coefficient (Wildman–Crippen LogP) is 3.75. The van der Waals surface area contributed by atoms with Crippen LogP contribution in [0.15, 0.2) is 0 Å². The molecule has 3 heteroatoms. The Morgan fingerprint density at radius 3 is 2.22 bits per heavy atom. The van der Waals surface area contributed by atoms with Gasteiger partial charge in [0.15, 0.2) is 0 Å². The summed E-state index contributed by atoms with van der Waals surface area (Å²) in [7, 11) is 0. The van der Waals surface area contributed by atoms with E-state index in [0.29, 0.717) is 11.8 Å². The van der Waals surface area contributed by atoms with Crippen LogP contribution in [0.5, 0.6) is 0 Å². The van der Waals surface area contributed by atoms with Crippen molar-refractivity contribution in [2.75, 3.05) is 12.3 Å². The number of amides is 1. The highest BCUT2D eigenvalue weighted by Gasteiger charge is 2.20. The van der Waals surface area contributed by atoms with Gasteiger partial charge in [-0.2, -0.15) is 11.8 Å². The van der Waals surface area contributed by atoms with Gasteiger partial charge in [0.1, 0.15) is 0 Å². The first kappa shape index (κ1) is 14.2. The van der Waals surface area contributed by atoms with E-state index in [-0.39, 0.29) is 0 Å². The molecule has 2 fully saturated rings. The third kappa shape index (κ3) is 4.83. The Kier molecular flexibility index (Phi) is 6.39. The van der Waals surface area contributed by atoms with Crippen molar-refractivity contribution >= 4 is 17.7 Å². The molecule has 2 aliphatic rings. The van der Waals surface area contributed by atoms with Crippen LogP contribution < -0.4 is 5.32 Å². The van der Waals surface area contributed by atoms with Crippen LogP contribution in [0.3, 0.4) is 0 Å². The molecule has 1 amide bonds. The third-order valence-electron chi connectivity index (χ3n) is 4.28. The maximum absolute atomic E-state index is 11.9. The van der Waals surface area contributed by atoms with Gasteiger partial charge < -0.3 is 5.32 Å². The zero-order chi connectivity index (χ0) is 12.6. The second kappa shape index (κ2) is 8.08. The van der Waals surface area contributed by atoms with E-state index in [2.05, 4.69) is 17.1 Å². The highest BCUT2D eigenvalue weighted by Crippen LogP contribution is 2.28. The third-order valence-corrected chi connectivity index (χ3v) is 5.67. The molecule has 0 unspecified atom stereocenters. The molecule has 18 heavy (non-hydrogen) atoms. The van der Waals surface area contributed by atoms with Crippen molar-refractivity contribution in [1.29, 1.82) is 0 Å². The van der Waals surface area contributed by atoms with Crippen molar-refractivity contribution in [3.63, 3.8) is 0 Å². The molecule has 0 saturated heterocycles. The minimum Gasteiger partial charge on any atom is -0.355 e. The highest BCUT2D eigenvalue weighted by atomic mass is 32.2. The Hall–Kier alpha value is -0.180. The Morgan fingerprint density at radius 1 is 0.944 bits per heavy atom. The number of rotatable bonds is 5. The van der Waals surface area contributed by atoms with E-state index in [9.17, 15) is 4.79 Å². The molecule has 0 bridgehead atoms. The quantitative estimate of drug-likeness (QED) is 0.770. The molecular weight excluding hydrogens is 242 g/mol. The normalized spacial score (nSPS) is 22.9. The molecule has 2 nitrogen and oxygen atoms in total. The maximum Gasteiger partial charge on any atom is 0.223 e. The second-order valence-corrected chi connectivity index (χ2v) is 7.17. The van der Waals surface area contributed by atoms with Gasteiger partial charge in [-0.1, -0.05) is 38.5 Å². The van der Waals surface area contributed by atoms with Crippen molar-refractivity contribution in [3.8, 4) is 0 Å². The fourth-order valence-electron chi connectivity index (χ4n) is 3.14. The van der Waals surface area contributed by atoms with Gasteiger partial charge in [-0.05, 0) is 25.7 Å². The molecule has 0 spiro atoms. The number of hydrogen-bond acceptors (Lipinski definition) is 2. The van der Waals surface area contributed by atoms with Crippen molar-refractivity contribution in [2.24, 2.45) is 5.92 Å². The van der Waals surface area contributed by atoms with Crippen molar-refractivity contribution in [1.82, 2.24) is 5.32 Å². The largest absolute Gasteiger partial charge is 0.355 e.